The van der Waals surface area contributed by atoms with E-state index in [1.807, 2.05) is 4.90 Å². The molecule has 0 atom stereocenters. The first kappa shape index (κ1) is 9.65. The molecule has 14 heavy (non-hydrogen) atoms. The van der Waals surface area contributed by atoms with E-state index in [-0.39, 0.29) is 5.91 Å². The zero-order valence-electron chi connectivity index (χ0n) is 8.54. The van der Waals surface area contributed by atoms with E-state index in [2.05, 4.69) is 11.9 Å². The Morgan fingerprint density at radius 1 is 1.64 bits per heavy atom. The Labute approximate surface area is 87.8 Å². The molecule has 0 saturated heterocycles. The van der Waals surface area contributed by atoms with Gasteiger partial charge in [0.15, 0.2) is 0 Å². The van der Waals surface area contributed by atoms with Crippen LogP contribution in [-0.2, 0) is 24.2 Å². The summed E-state index contributed by atoms with van der Waals surface area (Å²) in [6.45, 7) is 5.34. The molecular weight excluding hydrogens is 196 g/mol. The highest BCUT2D eigenvalue weighted by molar-refractivity contribution is 7.11. The van der Waals surface area contributed by atoms with E-state index < -0.39 is 0 Å². The molecule has 0 bridgehead atoms. The van der Waals surface area contributed by atoms with Crippen molar-refractivity contribution in [2.24, 2.45) is 0 Å². The van der Waals surface area contributed by atoms with Gasteiger partial charge in [-0.1, -0.05) is 6.92 Å². The number of amides is 1. The number of nitrogens with zero attached hydrogens (tertiary/aromatic N) is 2. The van der Waals surface area contributed by atoms with Crippen LogP contribution < -0.4 is 0 Å². The summed E-state index contributed by atoms with van der Waals surface area (Å²) in [7, 11) is 0. The van der Waals surface area contributed by atoms with Gasteiger partial charge in [0.25, 0.3) is 0 Å². The summed E-state index contributed by atoms with van der Waals surface area (Å²) in [4.78, 5) is 18.9. The summed E-state index contributed by atoms with van der Waals surface area (Å²) in [6.07, 6.45) is 1.92. The SMILES string of the molecule is CCc1nc2c(s1)CN(C(C)=O)CC2. The van der Waals surface area contributed by atoms with Crippen molar-refractivity contribution < 1.29 is 4.79 Å². The number of hydrogen-bond donors (Lipinski definition) is 0. The van der Waals surface area contributed by atoms with Gasteiger partial charge in [0.1, 0.15) is 0 Å². The lowest BCUT2D eigenvalue weighted by Gasteiger charge is -2.24. The van der Waals surface area contributed by atoms with Gasteiger partial charge < -0.3 is 4.90 Å². The molecule has 76 valence electrons. The molecule has 1 aromatic rings. The first-order valence-corrected chi connectivity index (χ1v) is 5.75. The monoisotopic (exact) mass is 210 g/mol. The average molecular weight is 210 g/mol. The molecule has 0 unspecified atom stereocenters. The van der Waals surface area contributed by atoms with Crippen molar-refractivity contribution in [3.63, 3.8) is 0 Å². The molecule has 0 saturated carbocycles. The Balaban J connectivity index is 2.21. The fraction of sp³-hybridized carbons (Fsp3) is 0.600. The highest BCUT2D eigenvalue weighted by Gasteiger charge is 2.21. The molecule has 2 heterocycles. The van der Waals surface area contributed by atoms with Crippen molar-refractivity contribution in [2.45, 2.75) is 33.2 Å². The molecular formula is C10H14N2OS. The minimum Gasteiger partial charge on any atom is -0.337 e. The Bertz CT molecular complexity index is 359. The zero-order valence-corrected chi connectivity index (χ0v) is 9.36. The van der Waals surface area contributed by atoms with Crippen molar-refractivity contribution in [1.29, 1.82) is 0 Å². The van der Waals surface area contributed by atoms with E-state index >= 15 is 0 Å². The van der Waals surface area contributed by atoms with Gasteiger partial charge in [-0.3, -0.25) is 4.79 Å². The summed E-state index contributed by atoms with van der Waals surface area (Å²) < 4.78 is 0. The van der Waals surface area contributed by atoms with Crippen LogP contribution in [-0.4, -0.2) is 22.3 Å². The first-order chi connectivity index (χ1) is 6.70. The fourth-order valence-corrected chi connectivity index (χ4v) is 2.74. The predicted octanol–water partition coefficient (Wildman–Crippen LogP) is 1.61. The molecule has 0 aliphatic carbocycles. The second-order valence-electron chi connectivity index (χ2n) is 3.52. The van der Waals surface area contributed by atoms with Gasteiger partial charge in [-0.25, -0.2) is 4.98 Å². The third-order valence-electron chi connectivity index (χ3n) is 2.52. The van der Waals surface area contributed by atoms with Crippen LogP contribution in [0.3, 0.4) is 0 Å². The first-order valence-electron chi connectivity index (χ1n) is 4.93. The Hall–Kier alpha value is -0.900. The van der Waals surface area contributed by atoms with E-state index in [0.717, 1.165) is 25.9 Å². The number of carbonyl (C=O) groups is 1. The zero-order chi connectivity index (χ0) is 10.1. The number of carbonyl (C=O) groups excluding carboxylic acids is 1. The third-order valence-corrected chi connectivity index (χ3v) is 3.75. The van der Waals surface area contributed by atoms with Crippen LogP contribution in [0.2, 0.25) is 0 Å². The van der Waals surface area contributed by atoms with Crippen molar-refractivity contribution in [3.8, 4) is 0 Å². The molecule has 2 rings (SSSR count). The lowest BCUT2D eigenvalue weighted by atomic mass is 10.2. The normalized spacial score (nSPS) is 15.4. The number of aromatic nitrogens is 1. The quantitative estimate of drug-likeness (QED) is 0.705. The van der Waals surface area contributed by atoms with Gasteiger partial charge in [0.2, 0.25) is 5.91 Å². The van der Waals surface area contributed by atoms with E-state index in [1.54, 1.807) is 18.3 Å². The van der Waals surface area contributed by atoms with Crippen molar-refractivity contribution in [3.05, 3.63) is 15.6 Å². The summed E-state index contributed by atoms with van der Waals surface area (Å²) in [5, 5.41) is 1.19. The van der Waals surface area contributed by atoms with Crippen molar-refractivity contribution >= 4 is 17.2 Å². The lowest BCUT2D eigenvalue weighted by molar-refractivity contribution is -0.129. The van der Waals surface area contributed by atoms with Crippen LogP contribution in [0.5, 0.6) is 0 Å². The number of hydrogen-bond acceptors (Lipinski definition) is 3. The van der Waals surface area contributed by atoms with Crippen molar-refractivity contribution in [1.82, 2.24) is 9.88 Å². The van der Waals surface area contributed by atoms with Crippen LogP contribution in [0.4, 0.5) is 0 Å². The van der Waals surface area contributed by atoms with Gasteiger partial charge >= 0.3 is 0 Å². The van der Waals surface area contributed by atoms with Crippen LogP contribution in [0.25, 0.3) is 0 Å². The molecule has 0 spiro atoms. The molecule has 4 heteroatoms. The predicted molar refractivity (Wildman–Crippen MR) is 56.3 cm³/mol. The van der Waals surface area contributed by atoms with Gasteiger partial charge in [-0.05, 0) is 6.42 Å². The molecule has 0 radical (unpaired) electrons. The van der Waals surface area contributed by atoms with E-state index in [0.29, 0.717) is 0 Å². The summed E-state index contributed by atoms with van der Waals surface area (Å²) >= 11 is 1.75. The topological polar surface area (TPSA) is 33.2 Å². The van der Waals surface area contributed by atoms with Crippen LogP contribution in [0.1, 0.15) is 29.4 Å². The maximum absolute atomic E-state index is 11.2. The van der Waals surface area contributed by atoms with Gasteiger partial charge in [0.05, 0.1) is 17.2 Å². The maximum atomic E-state index is 11.2. The number of fused-ring (bicyclic) bond motifs is 1. The van der Waals surface area contributed by atoms with Gasteiger partial charge in [0, 0.05) is 24.8 Å². The number of thiazole rings is 1. The molecule has 0 aromatic carbocycles. The van der Waals surface area contributed by atoms with Crippen LogP contribution in [0.15, 0.2) is 0 Å². The number of aryl methyl sites for hydroxylation is 1. The second kappa shape index (κ2) is 3.69. The van der Waals surface area contributed by atoms with E-state index in [4.69, 9.17) is 0 Å². The molecule has 1 aromatic heterocycles. The van der Waals surface area contributed by atoms with E-state index in [9.17, 15) is 4.79 Å². The molecule has 0 N–H and O–H groups in total. The van der Waals surface area contributed by atoms with Crippen LogP contribution >= 0.6 is 11.3 Å². The summed E-state index contributed by atoms with van der Waals surface area (Å²) in [6, 6.07) is 0. The molecule has 1 amide bonds. The second-order valence-corrected chi connectivity index (χ2v) is 4.69. The third kappa shape index (κ3) is 1.66. The minimum atomic E-state index is 0.169. The van der Waals surface area contributed by atoms with Gasteiger partial charge in [-0.15, -0.1) is 11.3 Å². The molecule has 1 aliphatic heterocycles. The van der Waals surface area contributed by atoms with E-state index in [1.165, 1.54) is 15.6 Å². The molecule has 1 aliphatic rings. The maximum Gasteiger partial charge on any atom is 0.219 e. The largest absolute Gasteiger partial charge is 0.337 e. The smallest absolute Gasteiger partial charge is 0.219 e. The highest BCUT2D eigenvalue weighted by atomic mass is 32.1. The van der Waals surface area contributed by atoms with Crippen LogP contribution in [0, 0.1) is 0 Å². The fourth-order valence-electron chi connectivity index (χ4n) is 1.67. The summed E-state index contributed by atoms with van der Waals surface area (Å²) in [5.41, 5.74) is 1.21. The standard InChI is InChI=1S/C10H14N2OS/c1-3-10-11-8-4-5-12(7(2)13)6-9(8)14-10/h3-6H2,1-2H3. The molecule has 0 fully saturated rings. The Kier molecular flexibility index (Phi) is 2.54. The lowest BCUT2D eigenvalue weighted by Crippen LogP contribution is -2.33. The van der Waals surface area contributed by atoms with Crippen molar-refractivity contribution in [2.75, 3.05) is 6.54 Å². The minimum absolute atomic E-state index is 0.169. The Morgan fingerprint density at radius 2 is 2.43 bits per heavy atom. The molecule has 3 nitrogen and oxygen atoms in total. The summed E-state index contributed by atoms with van der Waals surface area (Å²) in [5.74, 6) is 0.169. The number of rotatable bonds is 1. The average Bonchev–Trinajstić information content (AvgIpc) is 2.58. The Morgan fingerprint density at radius 3 is 3.07 bits per heavy atom. The highest BCUT2D eigenvalue weighted by Crippen LogP contribution is 2.25. The van der Waals surface area contributed by atoms with Gasteiger partial charge in [-0.2, -0.15) is 0 Å².